The molecule has 1 unspecified atom stereocenters. The lowest BCUT2D eigenvalue weighted by Crippen LogP contribution is -1.97. The zero-order valence-corrected chi connectivity index (χ0v) is 10.1. The van der Waals surface area contributed by atoms with Gasteiger partial charge < -0.3 is 4.52 Å². The van der Waals surface area contributed by atoms with Crippen LogP contribution >= 0.6 is 9.47 Å². The van der Waals surface area contributed by atoms with E-state index in [-0.39, 0.29) is 0 Å². The minimum atomic E-state index is 1.01. The summed E-state index contributed by atoms with van der Waals surface area (Å²) in [7, 11) is 2.32. The van der Waals surface area contributed by atoms with E-state index in [1.54, 1.807) is 0 Å². The van der Waals surface area contributed by atoms with E-state index in [4.69, 9.17) is 4.52 Å². The molecule has 0 spiro atoms. The molecule has 1 aromatic carbocycles. The van der Waals surface area contributed by atoms with Gasteiger partial charge in [0.05, 0.1) is 9.47 Å². The molecule has 0 aliphatic heterocycles. The molecule has 1 rings (SSSR count). The topological polar surface area (TPSA) is 9.23 Å². The van der Waals surface area contributed by atoms with Crippen molar-refractivity contribution in [2.45, 2.75) is 34.6 Å². The molecule has 0 aromatic heterocycles. The molecule has 0 saturated heterocycles. The maximum atomic E-state index is 5.31. The number of hydrogen-bond donors (Lipinski definition) is 0. The van der Waals surface area contributed by atoms with E-state index in [0.717, 1.165) is 5.75 Å². The van der Waals surface area contributed by atoms with Crippen molar-refractivity contribution in [3.05, 3.63) is 27.8 Å². The van der Waals surface area contributed by atoms with Gasteiger partial charge in [-0.3, -0.25) is 0 Å². The van der Waals surface area contributed by atoms with Gasteiger partial charge in [0.15, 0.2) is 0 Å². The molecule has 1 atom stereocenters. The highest BCUT2D eigenvalue weighted by molar-refractivity contribution is 7.10. The second kappa shape index (κ2) is 3.67. The Bertz CT molecular complexity index is 313. The third-order valence-corrected chi connectivity index (χ3v) is 3.28. The second-order valence-electron chi connectivity index (χ2n) is 3.57. The first-order valence-electron chi connectivity index (χ1n) is 4.44. The fourth-order valence-corrected chi connectivity index (χ4v) is 2.00. The maximum absolute atomic E-state index is 5.31. The van der Waals surface area contributed by atoms with Crippen LogP contribution in [0.1, 0.15) is 27.8 Å². The van der Waals surface area contributed by atoms with Crippen LogP contribution in [0.25, 0.3) is 0 Å². The van der Waals surface area contributed by atoms with Crippen molar-refractivity contribution in [3.8, 4) is 5.75 Å². The molecule has 2 heteroatoms. The summed E-state index contributed by atoms with van der Waals surface area (Å²) >= 11 is 0. The van der Waals surface area contributed by atoms with Gasteiger partial charge in [-0.2, -0.15) is 0 Å². The summed E-state index contributed by atoms with van der Waals surface area (Å²) in [5.41, 5.74) is 6.54. The summed E-state index contributed by atoms with van der Waals surface area (Å²) in [5.74, 6) is 1.01. The smallest absolute Gasteiger partial charge is 0.128 e. The highest BCUT2D eigenvalue weighted by Gasteiger charge is 2.11. The van der Waals surface area contributed by atoms with Crippen LogP contribution in [0.3, 0.4) is 0 Å². The van der Waals surface area contributed by atoms with Gasteiger partial charge in [0.1, 0.15) is 5.75 Å². The van der Waals surface area contributed by atoms with E-state index in [0.29, 0.717) is 0 Å². The Morgan fingerprint density at radius 3 is 1.31 bits per heavy atom. The Balaban J connectivity index is 3.56. The standard InChI is InChI=1S/C11H17OP/c1-6-7(2)9(4)11(12-13)10(5)8(6)3/h13H2,1-5H3. The van der Waals surface area contributed by atoms with Crippen molar-refractivity contribution in [3.63, 3.8) is 0 Å². The molecule has 0 amide bonds. The van der Waals surface area contributed by atoms with Gasteiger partial charge in [-0.25, -0.2) is 0 Å². The quantitative estimate of drug-likeness (QED) is 0.625. The van der Waals surface area contributed by atoms with Crippen LogP contribution in [0.2, 0.25) is 0 Å². The maximum Gasteiger partial charge on any atom is 0.128 e. The Morgan fingerprint density at radius 1 is 0.692 bits per heavy atom. The van der Waals surface area contributed by atoms with Crippen LogP contribution in [-0.4, -0.2) is 0 Å². The Hall–Kier alpha value is -0.550. The van der Waals surface area contributed by atoms with Crippen LogP contribution in [0.4, 0.5) is 0 Å². The van der Waals surface area contributed by atoms with E-state index in [1.165, 1.54) is 27.8 Å². The fourth-order valence-electron chi connectivity index (χ4n) is 1.64. The van der Waals surface area contributed by atoms with E-state index in [1.807, 2.05) is 0 Å². The summed E-state index contributed by atoms with van der Waals surface area (Å²) in [6.07, 6.45) is 0. The van der Waals surface area contributed by atoms with Crippen LogP contribution in [0.15, 0.2) is 0 Å². The summed E-state index contributed by atoms with van der Waals surface area (Å²) in [6, 6.07) is 0. The minimum absolute atomic E-state index is 1.01. The zero-order chi connectivity index (χ0) is 10.2. The summed E-state index contributed by atoms with van der Waals surface area (Å²) in [4.78, 5) is 0. The number of benzene rings is 1. The molecule has 0 bridgehead atoms. The third kappa shape index (κ3) is 1.58. The van der Waals surface area contributed by atoms with Crippen molar-refractivity contribution in [1.82, 2.24) is 0 Å². The normalized spacial score (nSPS) is 10.3. The molecule has 1 aromatic rings. The van der Waals surface area contributed by atoms with E-state index in [2.05, 4.69) is 44.1 Å². The molecular weight excluding hydrogens is 179 g/mol. The van der Waals surface area contributed by atoms with Crippen LogP contribution in [0.5, 0.6) is 5.75 Å². The average Bonchev–Trinajstić information content (AvgIpc) is 2.13. The van der Waals surface area contributed by atoms with Gasteiger partial charge in [-0.15, -0.1) is 0 Å². The van der Waals surface area contributed by atoms with Gasteiger partial charge in [-0.1, -0.05) is 0 Å². The molecule has 0 radical (unpaired) electrons. The molecule has 0 heterocycles. The molecule has 1 nitrogen and oxygen atoms in total. The van der Waals surface area contributed by atoms with Gasteiger partial charge in [0.2, 0.25) is 0 Å². The van der Waals surface area contributed by atoms with Gasteiger partial charge in [0, 0.05) is 0 Å². The summed E-state index contributed by atoms with van der Waals surface area (Å²) < 4.78 is 5.31. The van der Waals surface area contributed by atoms with E-state index < -0.39 is 0 Å². The third-order valence-electron chi connectivity index (χ3n) is 3.05. The predicted octanol–water partition coefficient (Wildman–Crippen LogP) is 3.40. The average molecular weight is 196 g/mol. The van der Waals surface area contributed by atoms with Crippen molar-refractivity contribution in [2.75, 3.05) is 0 Å². The highest BCUT2D eigenvalue weighted by atomic mass is 31.0. The Labute approximate surface area is 82.8 Å². The summed E-state index contributed by atoms with van der Waals surface area (Å²) in [5, 5.41) is 0. The first kappa shape index (κ1) is 10.5. The van der Waals surface area contributed by atoms with Crippen LogP contribution in [-0.2, 0) is 0 Å². The molecule has 0 aliphatic rings. The molecule has 72 valence electrons. The van der Waals surface area contributed by atoms with Crippen LogP contribution in [0, 0.1) is 34.6 Å². The lowest BCUT2D eigenvalue weighted by Gasteiger charge is -2.16. The largest absolute Gasteiger partial charge is 0.480 e. The molecule has 0 N–H and O–H groups in total. The highest BCUT2D eigenvalue weighted by Crippen LogP contribution is 2.32. The van der Waals surface area contributed by atoms with Gasteiger partial charge in [-0.05, 0) is 62.4 Å². The zero-order valence-electron chi connectivity index (χ0n) is 8.99. The van der Waals surface area contributed by atoms with Crippen LogP contribution < -0.4 is 4.52 Å². The lowest BCUT2D eigenvalue weighted by atomic mass is 9.94. The van der Waals surface area contributed by atoms with Crippen molar-refractivity contribution >= 4 is 9.47 Å². The van der Waals surface area contributed by atoms with E-state index in [9.17, 15) is 0 Å². The lowest BCUT2D eigenvalue weighted by molar-refractivity contribution is 0.630. The fraction of sp³-hybridized carbons (Fsp3) is 0.455. The molecular formula is C11H17OP. The Kier molecular flexibility index (Phi) is 2.98. The predicted molar refractivity (Wildman–Crippen MR) is 60.5 cm³/mol. The minimum Gasteiger partial charge on any atom is -0.480 e. The number of rotatable bonds is 1. The second-order valence-corrected chi connectivity index (χ2v) is 3.81. The van der Waals surface area contributed by atoms with Crippen molar-refractivity contribution < 1.29 is 4.52 Å². The number of hydrogen-bond acceptors (Lipinski definition) is 1. The summed E-state index contributed by atoms with van der Waals surface area (Å²) in [6.45, 7) is 10.7. The van der Waals surface area contributed by atoms with Gasteiger partial charge in [0.25, 0.3) is 0 Å². The van der Waals surface area contributed by atoms with Crippen molar-refractivity contribution in [2.24, 2.45) is 0 Å². The molecule has 0 saturated carbocycles. The SMILES string of the molecule is Cc1c(C)c(C)c(OP)c(C)c1C. The first-order chi connectivity index (χ1) is 6.00. The molecule has 13 heavy (non-hydrogen) atoms. The van der Waals surface area contributed by atoms with Crippen molar-refractivity contribution in [1.29, 1.82) is 0 Å². The molecule has 0 aliphatic carbocycles. The molecule has 0 fully saturated rings. The monoisotopic (exact) mass is 196 g/mol. The first-order valence-corrected chi connectivity index (χ1v) is 4.91. The Morgan fingerprint density at radius 2 is 1.00 bits per heavy atom. The van der Waals surface area contributed by atoms with Gasteiger partial charge >= 0.3 is 0 Å². The van der Waals surface area contributed by atoms with E-state index >= 15 is 0 Å².